The van der Waals surface area contributed by atoms with Crippen LogP contribution < -0.4 is 5.32 Å². The van der Waals surface area contributed by atoms with Crippen molar-refractivity contribution in [2.45, 2.75) is 31.8 Å². The predicted octanol–water partition coefficient (Wildman–Crippen LogP) is 4.67. The van der Waals surface area contributed by atoms with Crippen LogP contribution in [0.5, 0.6) is 0 Å². The van der Waals surface area contributed by atoms with Gasteiger partial charge in [-0.25, -0.2) is 4.39 Å². The quantitative estimate of drug-likeness (QED) is 0.313. The zero-order valence-corrected chi connectivity index (χ0v) is 24.4. The molecule has 10 heteroatoms. The number of anilines is 1. The average molecular weight is 583 g/mol. The summed E-state index contributed by atoms with van der Waals surface area (Å²) in [5, 5.41) is 11.5. The largest absolute Gasteiger partial charge is 0.367 e. The third kappa shape index (κ3) is 5.93. The van der Waals surface area contributed by atoms with Crippen molar-refractivity contribution in [1.29, 1.82) is 0 Å². The highest BCUT2D eigenvalue weighted by molar-refractivity contribution is 6.01. The second-order valence-electron chi connectivity index (χ2n) is 11.2. The lowest BCUT2D eigenvalue weighted by Gasteiger charge is -2.30. The highest BCUT2D eigenvalue weighted by Gasteiger charge is 2.45. The Hall–Kier alpha value is -4.41. The molecule has 2 aliphatic rings. The molecule has 222 valence electrons. The van der Waals surface area contributed by atoms with E-state index in [4.69, 9.17) is 4.74 Å². The Balaban J connectivity index is 1.10. The van der Waals surface area contributed by atoms with Crippen molar-refractivity contribution in [2.24, 2.45) is 0 Å². The van der Waals surface area contributed by atoms with Gasteiger partial charge in [0, 0.05) is 61.8 Å². The third-order valence-corrected chi connectivity index (χ3v) is 8.50. The minimum Gasteiger partial charge on any atom is -0.367 e. The molecular formula is C33H35FN6O3. The van der Waals surface area contributed by atoms with Crippen molar-refractivity contribution in [3.63, 3.8) is 0 Å². The van der Waals surface area contributed by atoms with Crippen molar-refractivity contribution in [3.05, 3.63) is 83.9 Å². The molecule has 2 N–H and O–H groups in total. The number of hydrogen-bond donors (Lipinski definition) is 2. The van der Waals surface area contributed by atoms with Crippen LogP contribution in [0.25, 0.3) is 27.7 Å². The van der Waals surface area contributed by atoms with Gasteiger partial charge in [0.15, 0.2) is 5.60 Å². The Morgan fingerprint density at radius 1 is 1.12 bits per heavy atom. The summed E-state index contributed by atoms with van der Waals surface area (Å²) >= 11 is 0. The number of carbonyl (C=O) groups excluding carboxylic acids is 2. The number of aromatic nitrogens is 3. The number of ether oxygens (including phenoxy) is 1. The Bertz CT molecular complexity index is 1700. The lowest BCUT2D eigenvalue weighted by atomic mass is 9.99. The number of H-pyrrole nitrogens is 1. The molecule has 0 unspecified atom stereocenters. The standard InChI is InChI=1S/C33H35FN6O3/c1-3-26-18-24(9-13-35-26)31-28-19-27(7-8-29(28)37-38-31)36-32(42)33(43-2)12-16-39(21-33)20-30(41)40-14-10-22(11-15-40)23-5-4-6-25(34)17-23/h4-10,13,17-19H,3,11-12,14-16,20-21H2,1-2H3,(H,36,42)(H,37,38)/t33-/m0/s1. The fourth-order valence-electron chi connectivity index (χ4n) is 5.95. The number of methoxy groups -OCH3 is 1. The summed E-state index contributed by atoms with van der Waals surface area (Å²) in [6.45, 7) is 4.20. The first-order chi connectivity index (χ1) is 20.9. The maximum absolute atomic E-state index is 13.6. The van der Waals surface area contributed by atoms with Gasteiger partial charge in [0.05, 0.1) is 12.1 Å². The van der Waals surface area contributed by atoms with Gasteiger partial charge in [0.25, 0.3) is 5.91 Å². The van der Waals surface area contributed by atoms with Crippen LogP contribution in [-0.4, -0.2) is 82.2 Å². The fraction of sp³-hybridized carbons (Fsp3) is 0.333. The topological polar surface area (TPSA) is 103 Å². The van der Waals surface area contributed by atoms with Gasteiger partial charge in [0.1, 0.15) is 11.5 Å². The summed E-state index contributed by atoms with van der Waals surface area (Å²) in [6, 6.07) is 16.2. The summed E-state index contributed by atoms with van der Waals surface area (Å²) in [6.07, 6.45) is 5.75. The number of pyridine rings is 1. The van der Waals surface area contributed by atoms with Gasteiger partial charge >= 0.3 is 0 Å². The van der Waals surface area contributed by atoms with Gasteiger partial charge in [-0.1, -0.05) is 25.1 Å². The first-order valence-corrected chi connectivity index (χ1v) is 14.6. The van der Waals surface area contributed by atoms with Crippen LogP contribution in [0, 0.1) is 5.82 Å². The zero-order chi connectivity index (χ0) is 30.0. The summed E-state index contributed by atoms with van der Waals surface area (Å²) < 4.78 is 19.4. The van der Waals surface area contributed by atoms with Crippen LogP contribution >= 0.6 is 0 Å². The number of fused-ring (bicyclic) bond motifs is 1. The summed E-state index contributed by atoms with van der Waals surface area (Å²) in [7, 11) is 1.54. The number of aromatic amines is 1. The van der Waals surface area contributed by atoms with Gasteiger partial charge in [-0.2, -0.15) is 5.10 Å². The number of aryl methyl sites for hydroxylation is 1. The molecule has 1 saturated heterocycles. The molecule has 1 fully saturated rings. The monoisotopic (exact) mass is 582 g/mol. The molecule has 0 saturated carbocycles. The number of nitrogens with zero attached hydrogens (tertiary/aromatic N) is 4. The van der Waals surface area contributed by atoms with Crippen LogP contribution in [-0.2, 0) is 20.7 Å². The Morgan fingerprint density at radius 2 is 2.00 bits per heavy atom. The molecule has 0 spiro atoms. The van der Waals surface area contributed by atoms with Crippen molar-refractivity contribution in [3.8, 4) is 11.3 Å². The molecule has 43 heavy (non-hydrogen) atoms. The highest BCUT2D eigenvalue weighted by Crippen LogP contribution is 2.31. The molecule has 2 aromatic carbocycles. The minimum absolute atomic E-state index is 0.00198. The predicted molar refractivity (Wildman–Crippen MR) is 164 cm³/mol. The van der Waals surface area contributed by atoms with Crippen molar-refractivity contribution < 1.29 is 18.7 Å². The van der Waals surface area contributed by atoms with E-state index in [9.17, 15) is 14.0 Å². The molecule has 6 rings (SSSR count). The van der Waals surface area contributed by atoms with Gasteiger partial charge < -0.3 is 15.0 Å². The molecule has 2 aliphatic heterocycles. The molecule has 0 aliphatic carbocycles. The number of nitrogens with one attached hydrogen (secondary N) is 2. The molecule has 2 aromatic heterocycles. The molecular weight excluding hydrogens is 547 g/mol. The Kier molecular flexibility index (Phi) is 8.05. The number of halogens is 1. The average Bonchev–Trinajstić information content (AvgIpc) is 3.66. The number of hydrogen-bond acceptors (Lipinski definition) is 6. The maximum atomic E-state index is 13.6. The maximum Gasteiger partial charge on any atom is 0.258 e. The second-order valence-corrected chi connectivity index (χ2v) is 11.2. The smallest absolute Gasteiger partial charge is 0.258 e. The van der Waals surface area contributed by atoms with E-state index < -0.39 is 5.60 Å². The molecule has 4 aromatic rings. The first-order valence-electron chi connectivity index (χ1n) is 14.6. The molecule has 9 nitrogen and oxygen atoms in total. The van der Waals surface area contributed by atoms with Crippen LogP contribution in [0.2, 0.25) is 0 Å². The fourth-order valence-corrected chi connectivity index (χ4v) is 5.95. The van der Waals surface area contributed by atoms with E-state index in [0.717, 1.165) is 45.4 Å². The van der Waals surface area contributed by atoms with Gasteiger partial charge in [0.2, 0.25) is 5.91 Å². The summed E-state index contributed by atoms with van der Waals surface area (Å²) in [5.41, 5.74) is 5.08. The first kappa shape index (κ1) is 28.7. The number of amides is 2. The van der Waals surface area contributed by atoms with E-state index in [0.29, 0.717) is 44.7 Å². The van der Waals surface area contributed by atoms with E-state index in [1.807, 2.05) is 47.4 Å². The van der Waals surface area contributed by atoms with Gasteiger partial charge in [-0.15, -0.1) is 0 Å². The number of carbonyl (C=O) groups is 2. The van der Waals surface area contributed by atoms with E-state index >= 15 is 0 Å². The number of benzene rings is 2. The molecule has 4 heterocycles. The van der Waals surface area contributed by atoms with E-state index in [1.165, 1.54) is 12.1 Å². The normalized spacial score (nSPS) is 19.0. The van der Waals surface area contributed by atoms with Crippen LogP contribution in [0.3, 0.4) is 0 Å². The second kappa shape index (κ2) is 12.1. The number of rotatable bonds is 8. The van der Waals surface area contributed by atoms with E-state index in [-0.39, 0.29) is 24.2 Å². The van der Waals surface area contributed by atoms with Crippen molar-refractivity contribution in [2.75, 3.05) is 45.2 Å². The Morgan fingerprint density at radius 3 is 2.77 bits per heavy atom. The zero-order valence-electron chi connectivity index (χ0n) is 24.4. The highest BCUT2D eigenvalue weighted by atomic mass is 19.1. The summed E-state index contributed by atoms with van der Waals surface area (Å²) in [5.74, 6) is -0.506. The molecule has 0 bridgehead atoms. The van der Waals surface area contributed by atoms with E-state index in [2.05, 4.69) is 27.4 Å². The molecule has 2 amide bonds. The Labute approximate surface area is 249 Å². The third-order valence-electron chi connectivity index (χ3n) is 8.50. The van der Waals surface area contributed by atoms with Gasteiger partial charge in [-0.05, 0) is 72.9 Å². The SMILES string of the molecule is CCc1cc(-c2n[nH]c3ccc(NC(=O)[C@]4(OC)CCN(CC(=O)N5CC=C(c6cccc(F)c6)CC5)C4)cc23)ccn1. The van der Waals surface area contributed by atoms with Crippen molar-refractivity contribution in [1.82, 2.24) is 25.0 Å². The van der Waals surface area contributed by atoms with Crippen LogP contribution in [0.4, 0.5) is 10.1 Å². The molecule has 1 atom stereocenters. The van der Waals surface area contributed by atoms with Crippen molar-refractivity contribution >= 4 is 34.0 Å². The minimum atomic E-state index is -1.07. The molecule has 0 radical (unpaired) electrons. The number of likely N-dealkylation sites (tertiary alicyclic amines) is 1. The van der Waals surface area contributed by atoms with Crippen LogP contribution in [0.15, 0.2) is 66.9 Å². The van der Waals surface area contributed by atoms with E-state index in [1.54, 1.807) is 24.3 Å². The summed E-state index contributed by atoms with van der Waals surface area (Å²) in [4.78, 5) is 34.9. The lowest BCUT2D eigenvalue weighted by Crippen LogP contribution is -2.48. The van der Waals surface area contributed by atoms with Gasteiger partial charge in [-0.3, -0.25) is 24.6 Å². The lowest BCUT2D eigenvalue weighted by molar-refractivity contribution is -0.138. The van der Waals surface area contributed by atoms with Crippen LogP contribution in [0.1, 0.15) is 31.0 Å².